The molecule has 0 aromatic heterocycles. The third kappa shape index (κ3) is 3.31. The molecule has 0 radical (unpaired) electrons. The smallest absolute Gasteiger partial charge is 0.248 e. The van der Waals surface area contributed by atoms with Gasteiger partial charge in [0.05, 0.1) is 12.8 Å². The molecule has 0 saturated heterocycles. The highest BCUT2D eigenvalue weighted by atomic mass is 16.5. The molecule has 0 bridgehead atoms. The summed E-state index contributed by atoms with van der Waals surface area (Å²) >= 11 is 0. The zero-order chi connectivity index (χ0) is 12.1. The van der Waals surface area contributed by atoms with Gasteiger partial charge in [0.25, 0.3) is 0 Å². The Balaban J connectivity index is 2.79. The number of benzene rings is 1. The second-order valence-electron chi connectivity index (χ2n) is 3.67. The van der Waals surface area contributed by atoms with Gasteiger partial charge >= 0.3 is 0 Å². The molecule has 0 unspecified atom stereocenters. The number of carbonyl (C=O) groups excluding carboxylic acids is 1. The third-order valence-electron chi connectivity index (χ3n) is 1.92. The van der Waals surface area contributed by atoms with Crippen LogP contribution in [0.15, 0.2) is 29.8 Å². The van der Waals surface area contributed by atoms with Crippen molar-refractivity contribution in [1.82, 2.24) is 0 Å². The number of allylic oxidation sites excluding steroid dienone is 1. The molecule has 1 aromatic carbocycles. The number of nitrogens with one attached hydrogen (secondary N) is 1. The summed E-state index contributed by atoms with van der Waals surface area (Å²) < 4.78 is 5.02. The Morgan fingerprint density at radius 1 is 1.44 bits per heavy atom. The maximum absolute atomic E-state index is 11.4. The number of nitrogen functional groups attached to an aromatic ring is 1. The molecule has 0 spiro atoms. The van der Waals surface area contributed by atoms with E-state index in [0.717, 1.165) is 5.57 Å². The highest BCUT2D eigenvalue weighted by Crippen LogP contribution is 2.24. The average molecular weight is 220 g/mol. The van der Waals surface area contributed by atoms with E-state index in [1.165, 1.54) is 6.08 Å². The van der Waals surface area contributed by atoms with Gasteiger partial charge in [-0.3, -0.25) is 4.79 Å². The van der Waals surface area contributed by atoms with E-state index >= 15 is 0 Å². The molecule has 86 valence electrons. The minimum Gasteiger partial charge on any atom is -0.495 e. The van der Waals surface area contributed by atoms with Crippen LogP contribution in [0.4, 0.5) is 11.4 Å². The molecule has 0 fully saturated rings. The molecule has 0 saturated carbocycles. The van der Waals surface area contributed by atoms with Crippen molar-refractivity contribution in [3.63, 3.8) is 0 Å². The number of ether oxygens (including phenoxy) is 1. The van der Waals surface area contributed by atoms with Crippen LogP contribution < -0.4 is 15.8 Å². The Hall–Kier alpha value is -1.97. The van der Waals surface area contributed by atoms with Crippen LogP contribution in [0.5, 0.6) is 5.75 Å². The van der Waals surface area contributed by atoms with Gasteiger partial charge < -0.3 is 15.8 Å². The molecule has 0 aliphatic heterocycles. The minimum atomic E-state index is -0.162. The van der Waals surface area contributed by atoms with Crippen molar-refractivity contribution < 1.29 is 9.53 Å². The summed E-state index contributed by atoms with van der Waals surface area (Å²) in [5.74, 6) is 0.435. The van der Waals surface area contributed by atoms with Gasteiger partial charge in [-0.1, -0.05) is 5.57 Å². The quantitative estimate of drug-likeness (QED) is 0.606. The molecule has 4 heteroatoms. The number of amides is 1. The fraction of sp³-hybridized carbons (Fsp3) is 0.250. The molecular weight excluding hydrogens is 204 g/mol. The van der Waals surface area contributed by atoms with Gasteiger partial charge in [0, 0.05) is 11.8 Å². The SMILES string of the molecule is COc1ccc(NC(=O)C=C(C)C)cc1N. The Kier molecular flexibility index (Phi) is 3.94. The summed E-state index contributed by atoms with van der Waals surface area (Å²) in [6, 6.07) is 5.12. The third-order valence-corrected chi connectivity index (χ3v) is 1.92. The van der Waals surface area contributed by atoms with Gasteiger partial charge in [0.15, 0.2) is 0 Å². The van der Waals surface area contributed by atoms with Crippen molar-refractivity contribution in [2.45, 2.75) is 13.8 Å². The normalized spacial score (nSPS) is 9.44. The Bertz CT molecular complexity index is 421. The Morgan fingerprint density at radius 3 is 2.62 bits per heavy atom. The zero-order valence-electron chi connectivity index (χ0n) is 9.70. The number of hydrogen-bond donors (Lipinski definition) is 2. The second kappa shape index (κ2) is 5.21. The lowest BCUT2D eigenvalue weighted by molar-refractivity contribution is -0.111. The maximum Gasteiger partial charge on any atom is 0.248 e. The average Bonchev–Trinajstić information content (AvgIpc) is 2.16. The van der Waals surface area contributed by atoms with Crippen molar-refractivity contribution in [3.05, 3.63) is 29.8 Å². The van der Waals surface area contributed by atoms with E-state index in [1.807, 2.05) is 13.8 Å². The second-order valence-corrected chi connectivity index (χ2v) is 3.67. The number of rotatable bonds is 3. The maximum atomic E-state index is 11.4. The Morgan fingerprint density at radius 2 is 2.12 bits per heavy atom. The first-order chi connectivity index (χ1) is 7.52. The van der Waals surface area contributed by atoms with Gasteiger partial charge in [-0.15, -0.1) is 0 Å². The van der Waals surface area contributed by atoms with Crippen LogP contribution >= 0.6 is 0 Å². The molecule has 3 N–H and O–H groups in total. The molecule has 1 aromatic rings. The highest BCUT2D eigenvalue weighted by Gasteiger charge is 2.02. The number of methoxy groups -OCH3 is 1. The van der Waals surface area contributed by atoms with Gasteiger partial charge in [-0.05, 0) is 32.0 Å². The first-order valence-corrected chi connectivity index (χ1v) is 4.92. The standard InChI is InChI=1S/C12H16N2O2/c1-8(2)6-12(15)14-9-4-5-11(16-3)10(13)7-9/h4-7H,13H2,1-3H3,(H,14,15). The van der Waals surface area contributed by atoms with E-state index in [-0.39, 0.29) is 5.91 Å². The molecular formula is C12H16N2O2. The predicted molar refractivity (Wildman–Crippen MR) is 65.5 cm³/mol. The molecule has 0 heterocycles. The summed E-state index contributed by atoms with van der Waals surface area (Å²) in [6.07, 6.45) is 1.53. The van der Waals surface area contributed by atoms with E-state index in [1.54, 1.807) is 25.3 Å². The number of carbonyl (C=O) groups is 1. The largest absolute Gasteiger partial charge is 0.495 e. The minimum absolute atomic E-state index is 0.162. The lowest BCUT2D eigenvalue weighted by Gasteiger charge is -2.07. The van der Waals surface area contributed by atoms with E-state index in [0.29, 0.717) is 17.1 Å². The summed E-state index contributed by atoms with van der Waals surface area (Å²) in [4.78, 5) is 11.4. The lowest BCUT2D eigenvalue weighted by atomic mass is 10.2. The first kappa shape index (κ1) is 12.1. The van der Waals surface area contributed by atoms with Crippen LogP contribution in [0.1, 0.15) is 13.8 Å². The molecule has 0 aliphatic rings. The molecule has 1 rings (SSSR count). The van der Waals surface area contributed by atoms with Crippen LogP contribution in [-0.4, -0.2) is 13.0 Å². The fourth-order valence-electron chi connectivity index (χ4n) is 1.25. The van der Waals surface area contributed by atoms with E-state index in [2.05, 4.69) is 5.32 Å². The topological polar surface area (TPSA) is 64.3 Å². The lowest BCUT2D eigenvalue weighted by Crippen LogP contribution is -2.08. The summed E-state index contributed by atoms with van der Waals surface area (Å²) in [5.41, 5.74) is 7.81. The molecule has 4 nitrogen and oxygen atoms in total. The molecule has 0 atom stereocenters. The summed E-state index contributed by atoms with van der Waals surface area (Å²) in [5, 5.41) is 2.71. The molecule has 0 aliphatic carbocycles. The van der Waals surface area contributed by atoms with Crippen molar-refractivity contribution in [1.29, 1.82) is 0 Å². The van der Waals surface area contributed by atoms with Gasteiger partial charge in [0.2, 0.25) is 5.91 Å². The van der Waals surface area contributed by atoms with Crippen molar-refractivity contribution >= 4 is 17.3 Å². The van der Waals surface area contributed by atoms with E-state index < -0.39 is 0 Å². The monoisotopic (exact) mass is 220 g/mol. The van der Waals surface area contributed by atoms with Crippen LogP contribution in [-0.2, 0) is 4.79 Å². The summed E-state index contributed by atoms with van der Waals surface area (Å²) in [7, 11) is 1.55. The van der Waals surface area contributed by atoms with Crippen molar-refractivity contribution in [2.75, 3.05) is 18.2 Å². The van der Waals surface area contributed by atoms with Crippen molar-refractivity contribution in [3.8, 4) is 5.75 Å². The molecule has 16 heavy (non-hydrogen) atoms. The Labute approximate surface area is 95.1 Å². The van der Waals surface area contributed by atoms with Gasteiger partial charge in [0.1, 0.15) is 5.75 Å². The number of anilines is 2. The fourth-order valence-corrected chi connectivity index (χ4v) is 1.25. The van der Waals surface area contributed by atoms with Gasteiger partial charge in [-0.2, -0.15) is 0 Å². The van der Waals surface area contributed by atoms with E-state index in [9.17, 15) is 4.79 Å². The molecule has 1 amide bonds. The number of hydrogen-bond acceptors (Lipinski definition) is 3. The van der Waals surface area contributed by atoms with Crippen LogP contribution in [0.25, 0.3) is 0 Å². The first-order valence-electron chi connectivity index (χ1n) is 4.92. The van der Waals surface area contributed by atoms with Crippen LogP contribution in [0, 0.1) is 0 Å². The van der Waals surface area contributed by atoms with Gasteiger partial charge in [-0.25, -0.2) is 0 Å². The number of nitrogens with two attached hydrogens (primary N) is 1. The summed E-state index contributed by atoms with van der Waals surface area (Å²) in [6.45, 7) is 3.73. The highest BCUT2D eigenvalue weighted by molar-refractivity contribution is 6.00. The van der Waals surface area contributed by atoms with Crippen LogP contribution in [0.3, 0.4) is 0 Å². The van der Waals surface area contributed by atoms with Crippen molar-refractivity contribution in [2.24, 2.45) is 0 Å². The predicted octanol–water partition coefficient (Wildman–Crippen LogP) is 2.18. The zero-order valence-corrected chi connectivity index (χ0v) is 9.70. The van der Waals surface area contributed by atoms with E-state index in [4.69, 9.17) is 10.5 Å². The van der Waals surface area contributed by atoms with Crippen LogP contribution in [0.2, 0.25) is 0 Å².